The summed E-state index contributed by atoms with van der Waals surface area (Å²) in [6, 6.07) is 4.15. The van der Waals surface area contributed by atoms with Crippen LogP contribution in [0.5, 0.6) is 0 Å². The smallest absolute Gasteiger partial charge is 0.186 e. The monoisotopic (exact) mass is 358 g/mol. The molecule has 124 valence electrons. The highest BCUT2D eigenvalue weighted by Crippen LogP contribution is 2.20. The molecule has 2 aliphatic carbocycles. The number of carbonyl (C=O) groups is 1. The molecule has 0 amide bonds. The number of methoxy groups -OCH3 is 1. The van der Waals surface area contributed by atoms with Crippen molar-refractivity contribution in [2.45, 2.75) is 64.2 Å². The van der Waals surface area contributed by atoms with E-state index in [1.54, 1.807) is 18.4 Å². The summed E-state index contributed by atoms with van der Waals surface area (Å²) >= 11 is 10.4. The maximum Gasteiger partial charge on any atom is 0.186 e. The fourth-order valence-corrected chi connectivity index (χ4v) is 2.48. The van der Waals surface area contributed by atoms with Crippen LogP contribution in [-0.4, -0.2) is 17.3 Å². The van der Waals surface area contributed by atoms with Gasteiger partial charge in [-0.05, 0) is 37.2 Å². The fraction of sp³-hybridized carbons (Fsp3) is 0.647. The van der Waals surface area contributed by atoms with Crippen LogP contribution in [0.15, 0.2) is 12.1 Å². The van der Waals surface area contributed by atoms with E-state index < -0.39 is 0 Å². The lowest BCUT2D eigenvalue weighted by molar-refractivity contribution is -0.110. The van der Waals surface area contributed by atoms with Crippen molar-refractivity contribution in [3.63, 3.8) is 0 Å². The quantitative estimate of drug-likeness (QED) is 0.546. The van der Waals surface area contributed by atoms with Crippen molar-refractivity contribution in [2.24, 2.45) is 0 Å². The molecular formula is C17H26O2S3. The predicted octanol–water partition coefficient (Wildman–Crippen LogP) is 5.38. The van der Waals surface area contributed by atoms with Gasteiger partial charge >= 0.3 is 0 Å². The average molecular weight is 359 g/mol. The molecule has 0 spiro atoms. The third kappa shape index (κ3) is 13.3. The van der Waals surface area contributed by atoms with E-state index in [1.807, 2.05) is 0 Å². The number of aryl methyl sites for hydroxylation is 2. The zero-order chi connectivity index (χ0) is 16.2. The molecule has 0 aliphatic heterocycles. The minimum absolute atomic E-state index is 0.0597. The summed E-state index contributed by atoms with van der Waals surface area (Å²) in [5.41, 5.74) is 0. The number of rotatable bonds is 6. The van der Waals surface area contributed by atoms with Crippen LogP contribution < -0.4 is 0 Å². The van der Waals surface area contributed by atoms with Gasteiger partial charge in [-0.25, -0.2) is 0 Å². The van der Waals surface area contributed by atoms with E-state index >= 15 is 0 Å². The van der Waals surface area contributed by atoms with Crippen LogP contribution in [-0.2, 0) is 22.4 Å². The Labute approximate surface area is 149 Å². The second-order valence-corrected chi connectivity index (χ2v) is 7.67. The number of hydrogen-bond acceptors (Lipinski definition) is 4. The maximum absolute atomic E-state index is 10.7. The molecule has 2 saturated carbocycles. The Morgan fingerprint density at radius 3 is 1.91 bits per heavy atom. The molecule has 1 aromatic rings. The highest BCUT2D eigenvalue weighted by molar-refractivity contribution is 7.96. The Bertz CT molecular complexity index is 439. The molecule has 2 fully saturated rings. The summed E-state index contributed by atoms with van der Waals surface area (Å²) in [6.45, 7) is 0. The van der Waals surface area contributed by atoms with Crippen LogP contribution >= 0.6 is 36.2 Å². The second-order valence-electron chi connectivity index (χ2n) is 5.46. The van der Waals surface area contributed by atoms with Crippen molar-refractivity contribution in [1.29, 1.82) is 0 Å². The van der Waals surface area contributed by atoms with Crippen molar-refractivity contribution >= 4 is 46.3 Å². The van der Waals surface area contributed by atoms with E-state index in [1.165, 1.54) is 48.3 Å². The van der Waals surface area contributed by atoms with Crippen LogP contribution in [0.25, 0.3) is 0 Å². The number of ether oxygens (including phenoxy) is 1. The van der Waals surface area contributed by atoms with Crippen LogP contribution in [0.3, 0.4) is 0 Å². The van der Waals surface area contributed by atoms with Gasteiger partial charge in [0.1, 0.15) is 0 Å². The lowest BCUT2D eigenvalue weighted by Gasteiger charge is -1.99. The minimum Gasteiger partial charge on any atom is -0.490 e. The molecule has 0 N–H and O–H groups in total. The molecule has 0 saturated heterocycles. The third-order valence-electron chi connectivity index (χ3n) is 2.81. The Morgan fingerprint density at radius 1 is 1.09 bits per heavy atom. The van der Waals surface area contributed by atoms with Gasteiger partial charge in [-0.2, -0.15) is 0 Å². The molecule has 2 aliphatic rings. The molecule has 1 heterocycles. The van der Waals surface area contributed by atoms with Crippen molar-refractivity contribution < 1.29 is 9.53 Å². The SMILES string of the molecule is C1CC1.C1CC1.COC(=S)CCc1ccc(CCC(=O)S)s1. The molecule has 22 heavy (non-hydrogen) atoms. The Balaban J connectivity index is 0.000000328. The first-order valence-corrected chi connectivity index (χ1v) is 9.65. The molecule has 0 radical (unpaired) electrons. The molecule has 0 unspecified atom stereocenters. The van der Waals surface area contributed by atoms with Crippen molar-refractivity contribution in [1.82, 2.24) is 0 Å². The highest BCUT2D eigenvalue weighted by Gasteiger charge is 2.04. The number of hydrogen-bond donors (Lipinski definition) is 1. The average Bonchev–Trinajstić information content (AvgIpc) is 3.38. The molecule has 0 bridgehead atoms. The molecule has 2 nitrogen and oxygen atoms in total. The van der Waals surface area contributed by atoms with Gasteiger partial charge in [0, 0.05) is 22.6 Å². The zero-order valence-corrected chi connectivity index (χ0v) is 15.8. The Hall–Kier alpha value is -0.390. The molecule has 0 aromatic carbocycles. The van der Waals surface area contributed by atoms with Crippen LogP contribution in [0.1, 0.15) is 61.1 Å². The van der Waals surface area contributed by atoms with E-state index in [9.17, 15) is 4.79 Å². The first-order valence-electron chi connectivity index (χ1n) is 7.98. The second kappa shape index (κ2) is 12.1. The van der Waals surface area contributed by atoms with Gasteiger partial charge in [0.2, 0.25) is 0 Å². The van der Waals surface area contributed by atoms with Gasteiger partial charge in [0.25, 0.3) is 0 Å². The lowest BCUT2D eigenvalue weighted by Crippen LogP contribution is -1.97. The molecule has 0 atom stereocenters. The number of carbonyl (C=O) groups excluding carboxylic acids is 1. The van der Waals surface area contributed by atoms with E-state index in [4.69, 9.17) is 17.0 Å². The molecule has 5 heteroatoms. The summed E-state index contributed by atoms with van der Waals surface area (Å²) in [6.07, 6.45) is 12.0. The Morgan fingerprint density at radius 2 is 1.55 bits per heavy atom. The first-order chi connectivity index (χ1) is 10.6. The first kappa shape index (κ1) is 19.7. The van der Waals surface area contributed by atoms with E-state index in [0.29, 0.717) is 11.5 Å². The van der Waals surface area contributed by atoms with E-state index in [2.05, 4.69) is 24.8 Å². The van der Waals surface area contributed by atoms with E-state index in [-0.39, 0.29) is 5.12 Å². The van der Waals surface area contributed by atoms with Crippen molar-refractivity contribution in [3.05, 3.63) is 21.9 Å². The number of thiocarbonyl (C=S) groups is 1. The third-order valence-corrected chi connectivity index (χ3v) is 4.61. The lowest BCUT2D eigenvalue weighted by atomic mass is 10.2. The normalized spacial score (nSPS) is 13.9. The topological polar surface area (TPSA) is 26.3 Å². The van der Waals surface area contributed by atoms with Gasteiger partial charge < -0.3 is 4.74 Å². The number of thiophene rings is 1. The number of thiol groups is 1. The summed E-state index contributed by atoms with van der Waals surface area (Å²) in [5, 5.41) is 0.580. The fourth-order valence-electron chi connectivity index (χ4n) is 1.25. The summed E-state index contributed by atoms with van der Waals surface area (Å²) in [4.78, 5) is 13.2. The minimum atomic E-state index is -0.0597. The van der Waals surface area contributed by atoms with Gasteiger partial charge in [-0.3, -0.25) is 4.79 Å². The predicted molar refractivity (Wildman–Crippen MR) is 102 cm³/mol. The molecule has 1 aromatic heterocycles. The van der Waals surface area contributed by atoms with E-state index in [0.717, 1.165) is 19.3 Å². The van der Waals surface area contributed by atoms with Gasteiger partial charge in [-0.15, -0.1) is 24.0 Å². The standard InChI is InChI=1S/C11H14O2S3.2C3H6/c1-13-11(15)7-5-9-3-2-8(16-9)4-6-10(12)14;2*1-2-3-1/h2-3H,4-7H2,1H3,(H,12,14);2*1-3H2. The van der Waals surface area contributed by atoms with Crippen LogP contribution in [0, 0.1) is 0 Å². The Kier molecular flexibility index (Phi) is 10.8. The maximum atomic E-state index is 10.7. The van der Waals surface area contributed by atoms with Crippen molar-refractivity contribution in [3.8, 4) is 0 Å². The largest absolute Gasteiger partial charge is 0.490 e. The zero-order valence-electron chi connectivity index (χ0n) is 13.3. The van der Waals surface area contributed by atoms with Gasteiger partial charge in [0.05, 0.1) is 7.11 Å². The summed E-state index contributed by atoms with van der Waals surface area (Å²) < 4.78 is 4.94. The molecule has 3 rings (SSSR count). The summed E-state index contributed by atoms with van der Waals surface area (Å²) in [7, 11) is 1.60. The van der Waals surface area contributed by atoms with Crippen LogP contribution in [0.2, 0.25) is 0 Å². The van der Waals surface area contributed by atoms with Gasteiger partial charge in [0.15, 0.2) is 10.2 Å². The van der Waals surface area contributed by atoms with Crippen LogP contribution in [0.4, 0.5) is 0 Å². The van der Waals surface area contributed by atoms with Crippen molar-refractivity contribution in [2.75, 3.05) is 7.11 Å². The molecular weight excluding hydrogens is 332 g/mol. The highest BCUT2D eigenvalue weighted by atomic mass is 32.1. The van der Waals surface area contributed by atoms with Gasteiger partial charge in [-0.1, -0.05) is 38.5 Å². The summed E-state index contributed by atoms with van der Waals surface area (Å²) in [5.74, 6) is 0.